The number of aromatic nitrogens is 2. The number of halogens is 6. The van der Waals surface area contributed by atoms with Crippen LogP contribution >= 0.6 is 0 Å². The van der Waals surface area contributed by atoms with E-state index in [0.29, 0.717) is 5.56 Å². The van der Waals surface area contributed by atoms with Crippen LogP contribution in [0.4, 0.5) is 26.3 Å². The summed E-state index contributed by atoms with van der Waals surface area (Å²) < 4.78 is 87.8. The maximum absolute atomic E-state index is 14.7. The number of ether oxygens (including phenoxy) is 1. The molecule has 5 nitrogen and oxygen atoms in total. The van der Waals surface area contributed by atoms with Gasteiger partial charge in [0.25, 0.3) is 5.91 Å². The molecule has 1 aromatic heterocycles. The maximum atomic E-state index is 14.7. The third-order valence-corrected chi connectivity index (χ3v) is 6.14. The fraction of sp³-hybridized carbons (Fsp3) is 0.308. The Morgan fingerprint density at radius 1 is 1.03 bits per heavy atom. The second-order valence-corrected chi connectivity index (χ2v) is 8.79. The van der Waals surface area contributed by atoms with E-state index in [9.17, 15) is 31.1 Å². The summed E-state index contributed by atoms with van der Waals surface area (Å²) in [4.78, 5) is 17.2. The molecule has 4 rings (SSSR count). The van der Waals surface area contributed by atoms with E-state index in [2.05, 4.69) is 10.3 Å². The summed E-state index contributed by atoms with van der Waals surface area (Å²) in [5.74, 6) is -0.802. The van der Waals surface area contributed by atoms with Crippen molar-refractivity contribution in [3.05, 3.63) is 83.9 Å². The van der Waals surface area contributed by atoms with Gasteiger partial charge in [-0.3, -0.25) is 4.79 Å². The summed E-state index contributed by atoms with van der Waals surface area (Å²) in [6.45, 7) is 1.60. The molecule has 2 heterocycles. The summed E-state index contributed by atoms with van der Waals surface area (Å²) in [6.07, 6.45) is -6.85. The van der Waals surface area contributed by atoms with Gasteiger partial charge in [-0.05, 0) is 42.2 Å². The molecule has 37 heavy (non-hydrogen) atoms. The number of alkyl halides is 6. The van der Waals surface area contributed by atoms with Gasteiger partial charge < -0.3 is 14.6 Å². The lowest BCUT2D eigenvalue weighted by atomic mass is 9.77. The highest BCUT2D eigenvalue weighted by Crippen LogP contribution is 2.49. The Balaban J connectivity index is 1.71. The molecule has 2 aromatic carbocycles. The summed E-state index contributed by atoms with van der Waals surface area (Å²) in [5.41, 5.74) is -1.39. The molecule has 11 heteroatoms. The molecular formula is C26H23F6N3O2. The molecule has 0 saturated carbocycles. The van der Waals surface area contributed by atoms with Crippen LogP contribution in [0.3, 0.4) is 0 Å². The number of aryl methyl sites for hydroxylation is 1. The van der Waals surface area contributed by atoms with Gasteiger partial charge >= 0.3 is 12.4 Å². The number of nitrogens with one attached hydrogen (secondary N) is 1. The molecule has 0 aliphatic carbocycles. The Kier molecular flexibility index (Phi) is 7.07. The van der Waals surface area contributed by atoms with Crippen molar-refractivity contribution < 1.29 is 35.9 Å². The number of nitrogens with zero attached hydrogens (tertiary/aromatic N) is 2. The van der Waals surface area contributed by atoms with Gasteiger partial charge in [0, 0.05) is 25.2 Å². The first-order valence-electron chi connectivity index (χ1n) is 11.4. The first-order valence-corrected chi connectivity index (χ1v) is 11.4. The van der Waals surface area contributed by atoms with Gasteiger partial charge in [0.1, 0.15) is 11.4 Å². The molecule has 0 bridgehead atoms. The van der Waals surface area contributed by atoms with Crippen LogP contribution in [0.25, 0.3) is 11.3 Å². The summed E-state index contributed by atoms with van der Waals surface area (Å²) >= 11 is 0. The van der Waals surface area contributed by atoms with E-state index in [-0.39, 0.29) is 35.6 Å². The topological polar surface area (TPSA) is 56.2 Å². The molecule has 1 amide bonds. The highest BCUT2D eigenvalue weighted by molar-refractivity contribution is 6.23. The zero-order chi connectivity index (χ0) is 26.8. The van der Waals surface area contributed by atoms with Crippen LogP contribution in [0.1, 0.15) is 36.0 Å². The minimum atomic E-state index is -4.88. The average molecular weight is 523 g/mol. The third-order valence-electron chi connectivity index (χ3n) is 6.14. The van der Waals surface area contributed by atoms with Crippen LogP contribution in [-0.4, -0.2) is 34.4 Å². The van der Waals surface area contributed by atoms with Crippen LogP contribution in [0.5, 0.6) is 5.75 Å². The largest absolute Gasteiger partial charge is 0.494 e. The van der Waals surface area contributed by atoms with Crippen LogP contribution < -0.4 is 10.1 Å². The van der Waals surface area contributed by atoms with Crippen LogP contribution in [-0.2, 0) is 10.3 Å². The second kappa shape index (κ2) is 9.95. The molecule has 0 saturated heterocycles. The molecule has 0 unspecified atom stereocenters. The third kappa shape index (κ3) is 5.65. The molecule has 196 valence electrons. The molecular weight excluding hydrogens is 500 g/mol. The van der Waals surface area contributed by atoms with Crippen molar-refractivity contribution in [2.75, 3.05) is 6.61 Å². The molecule has 1 N–H and O–H groups in total. The van der Waals surface area contributed by atoms with E-state index in [1.54, 1.807) is 24.3 Å². The monoisotopic (exact) mass is 523 g/mol. The smallest absolute Gasteiger partial charge is 0.416 e. The lowest BCUT2D eigenvalue weighted by Crippen LogP contribution is -2.58. The minimum Gasteiger partial charge on any atom is -0.494 e. The lowest BCUT2D eigenvalue weighted by Gasteiger charge is -2.41. The first-order chi connectivity index (χ1) is 17.4. The van der Waals surface area contributed by atoms with Crippen LogP contribution in [0.15, 0.2) is 67.3 Å². The van der Waals surface area contributed by atoms with Crippen molar-refractivity contribution in [2.45, 2.75) is 44.1 Å². The van der Waals surface area contributed by atoms with Crippen molar-refractivity contribution in [3.8, 4) is 5.75 Å². The number of amides is 1. The molecule has 0 fully saturated rings. The fourth-order valence-electron chi connectivity index (χ4n) is 4.25. The van der Waals surface area contributed by atoms with Crippen LogP contribution in [0.2, 0.25) is 0 Å². The zero-order valence-electron chi connectivity index (χ0n) is 19.7. The number of hydrogen-bond donors (Lipinski definition) is 1. The number of rotatable bonds is 7. The Morgan fingerprint density at radius 3 is 2.27 bits per heavy atom. The highest BCUT2D eigenvalue weighted by Gasteiger charge is 2.59. The Hall–Kier alpha value is -3.76. The fourth-order valence-corrected chi connectivity index (χ4v) is 4.25. The van der Waals surface area contributed by atoms with Crippen molar-refractivity contribution in [1.82, 2.24) is 14.9 Å². The minimum absolute atomic E-state index is 0.0332. The molecule has 1 aliphatic heterocycles. The summed E-state index contributed by atoms with van der Waals surface area (Å²) in [7, 11) is 0. The number of carbonyl (C=O) groups excluding carboxylic acids is 1. The van der Waals surface area contributed by atoms with Gasteiger partial charge in [0.2, 0.25) is 0 Å². The normalized spacial score (nSPS) is 18.6. The van der Waals surface area contributed by atoms with Crippen LogP contribution in [0, 0.1) is 6.92 Å². The molecule has 1 atom stereocenters. The zero-order valence-corrected chi connectivity index (χ0v) is 19.7. The predicted octanol–water partition coefficient (Wildman–Crippen LogP) is 6.26. The Labute approximate surface area is 208 Å². The van der Waals surface area contributed by atoms with Crippen molar-refractivity contribution in [2.24, 2.45) is 0 Å². The molecule has 0 spiro atoms. The van der Waals surface area contributed by atoms with Crippen molar-refractivity contribution >= 4 is 17.2 Å². The average Bonchev–Trinajstić information content (AvgIpc) is 3.35. The quantitative estimate of drug-likeness (QED) is 0.294. The second-order valence-electron chi connectivity index (χ2n) is 8.79. The molecule has 3 aromatic rings. The van der Waals surface area contributed by atoms with Crippen molar-refractivity contribution in [1.29, 1.82) is 0 Å². The van der Waals surface area contributed by atoms with Gasteiger partial charge in [-0.2, -0.15) is 26.3 Å². The van der Waals surface area contributed by atoms with Gasteiger partial charge in [0.05, 0.1) is 12.9 Å². The van der Waals surface area contributed by atoms with E-state index < -0.39 is 36.6 Å². The Bertz CT molecular complexity index is 1260. The standard InChI is InChI=1S/C26H23F6N3O2/c1-17-3-5-18(6-4-17)21-15-24(26(30,31)32,34-23(36)22(21)35-13-12-33-16-35)19-7-9-20(10-8-19)37-14-2-11-25(27,28)29/h3-10,12-13,16H,2,11,14-15H2,1H3,(H,34,36)/t24-/m0/s1. The maximum Gasteiger partial charge on any atom is 0.416 e. The van der Waals surface area contributed by atoms with E-state index >= 15 is 0 Å². The molecule has 0 radical (unpaired) electrons. The SMILES string of the molecule is Cc1ccc(C2=C(n3ccnc3)C(=O)N[C@@](c3ccc(OCCCC(F)(F)F)cc3)(C(F)(F)F)C2)cc1. The molecule has 1 aliphatic rings. The van der Waals surface area contributed by atoms with Gasteiger partial charge in [-0.15, -0.1) is 0 Å². The van der Waals surface area contributed by atoms with E-state index in [4.69, 9.17) is 4.74 Å². The summed E-state index contributed by atoms with van der Waals surface area (Å²) in [5, 5.41) is 2.19. The van der Waals surface area contributed by atoms with E-state index in [1.165, 1.54) is 47.6 Å². The van der Waals surface area contributed by atoms with Gasteiger partial charge in [0.15, 0.2) is 5.54 Å². The van der Waals surface area contributed by atoms with E-state index in [0.717, 1.165) is 5.56 Å². The van der Waals surface area contributed by atoms with Crippen molar-refractivity contribution in [3.63, 3.8) is 0 Å². The number of benzene rings is 2. The number of carbonyl (C=O) groups is 1. The lowest BCUT2D eigenvalue weighted by molar-refractivity contribution is -0.201. The predicted molar refractivity (Wildman–Crippen MR) is 124 cm³/mol. The number of hydrogen-bond acceptors (Lipinski definition) is 3. The summed E-state index contributed by atoms with van der Waals surface area (Å²) in [6, 6.07) is 11.7. The Morgan fingerprint density at radius 2 is 1.70 bits per heavy atom. The van der Waals surface area contributed by atoms with E-state index in [1.807, 2.05) is 6.92 Å². The number of imidazole rings is 1. The first kappa shape index (κ1) is 26.3. The van der Waals surface area contributed by atoms with Gasteiger partial charge in [-0.1, -0.05) is 42.0 Å². The highest BCUT2D eigenvalue weighted by atomic mass is 19.4. The van der Waals surface area contributed by atoms with Gasteiger partial charge in [-0.25, -0.2) is 4.98 Å².